The van der Waals surface area contributed by atoms with E-state index in [9.17, 15) is 0 Å². The Morgan fingerprint density at radius 2 is 2.15 bits per heavy atom. The monoisotopic (exact) mass is 270 g/mol. The third kappa shape index (κ3) is 2.11. The summed E-state index contributed by atoms with van der Waals surface area (Å²) in [5.41, 5.74) is 5.55. The van der Waals surface area contributed by atoms with Gasteiger partial charge in [0, 0.05) is 25.9 Å². The lowest BCUT2D eigenvalue weighted by molar-refractivity contribution is 0.756. The summed E-state index contributed by atoms with van der Waals surface area (Å²) in [4.78, 5) is 8.34. The first-order chi connectivity index (χ1) is 9.65. The molecule has 0 bridgehead atoms. The number of aryl methyl sites for hydroxylation is 3. The molecule has 3 aromatic rings. The van der Waals surface area contributed by atoms with Crippen LogP contribution < -0.4 is 5.43 Å². The van der Waals surface area contributed by atoms with Gasteiger partial charge in [-0.15, -0.1) is 0 Å². The molecule has 0 amide bonds. The first kappa shape index (κ1) is 12.3. The molecular formula is C12H14N8. The molecule has 102 valence electrons. The molecule has 1 N–H and O–H groups in total. The smallest absolute Gasteiger partial charge is 0.163 e. The van der Waals surface area contributed by atoms with Crippen molar-refractivity contribution >= 4 is 23.1 Å². The summed E-state index contributed by atoms with van der Waals surface area (Å²) >= 11 is 0. The van der Waals surface area contributed by atoms with E-state index in [2.05, 4.69) is 30.7 Å². The van der Waals surface area contributed by atoms with E-state index in [-0.39, 0.29) is 0 Å². The molecule has 3 aromatic heterocycles. The molecule has 8 heteroatoms. The molecule has 0 saturated heterocycles. The lowest BCUT2D eigenvalue weighted by Crippen LogP contribution is -1.97. The molecule has 0 radical (unpaired) electrons. The van der Waals surface area contributed by atoms with Gasteiger partial charge in [-0.2, -0.15) is 15.3 Å². The van der Waals surface area contributed by atoms with Crippen LogP contribution in [0.5, 0.6) is 0 Å². The summed E-state index contributed by atoms with van der Waals surface area (Å²) in [7, 11) is 3.71. The average molecular weight is 270 g/mol. The topological polar surface area (TPSA) is 85.8 Å². The van der Waals surface area contributed by atoms with Crippen molar-refractivity contribution in [1.29, 1.82) is 0 Å². The van der Waals surface area contributed by atoms with Gasteiger partial charge in [0.25, 0.3) is 0 Å². The number of hydrogen-bond acceptors (Lipinski definition) is 6. The van der Waals surface area contributed by atoms with E-state index < -0.39 is 0 Å². The number of nitrogens with zero attached hydrogens (tertiary/aromatic N) is 7. The summed E-state index contributed by atoms with van der Waals surface area (Å²) in [5, 5.41) is 13.4. The highest BCUT2D eigenvalue weighted by Gasteiger charge is 2.06. The van der Waals surface area contributed by atoms with Gasteiger partial charge in [-0.25, -0.2) is 9.97 Å². The lowest BCUT2D eigenvalue weighted by atomic mass is 10.3. The number of hydrogen-bond donors (Lipinski definition) is 1. The van der Waals surface area contributed by atoms with Crippen molar-refractivity contribution in [2.24, 2.45) is 19.2 Å². The van der Waals surface area contributed by atoms with Crippen molar-refractivity contribution < 1.29 is 0 Å². The number of fused-ring (bicyclic) bond motifs is 1. The van der Waals surface area contributed by atoms with Gasteiger partial charge >= 0.3 is 0 Å². The van der Waals surface area contributed by atoms with E-state index in [0.717, 1.165) is 22.3 Å². The largest absolute Gasteiger partial charge is 0.275 e. The fraction of sp³-hybridized carbons (Fsp3) is 0.250. The van der Waals surface area contributed by atoms with Gasteiger partial charge in [-0.1, -0.05) is 0 Å². The molecule has 0 spiro atoms. The van der Waals surface area contributed by atoms with Crippen molar-refractivity contribution in [2.75, 3.05) is 5.43 Å². The Hall–Kier alpha value is -2.77. The molecule has 0 aromatic carbocycles. The first-order valence-electron chi connectivity index (χ1n) is 6.07. The molecule has 0 fully saturated rings. The first-order valence-corrected chi connectivity index (χ1v) is 6.07. The normalized spacial score (nSPS) is 11.6. The summed E-state index contributed by atoms with van der Waals surface area (Å²) in [6.45, 7) is 1.94. The van der Waals surface area contributed by atoms with Crippen molar-refractivity contribution in [2.45, 2.75) is 6.92 Å². The van der Waals surface area contributed by atoms with E-state index in [1.807, 2.05) is 27.2 Å². The third-order valence-electron chi connectivity index (χ3n) is 2.95. The number of rotatable bonds is 3. The highest BCUT2D eigenvalue weighted by molar-refractivity contribution is 5.87. The minimum absolute atomic E-state index is 0.626. The number of hydrazone groups is 1. The highest BCUT2D eigenvalue weighted by atomic mass is 15.3. The SMILES string of the molecule is Cc1nn(C)cc1/C=N/Nc1ncnc2c1cnn2C. The van der Waals surface area contributed by atoms with Gasteiger partial charge in [0.15, 0.2) is 11.5 Å². The molecule has 3 heterocycles. The fourth-order valence-electron chi connectivity index (χ4n) is 1.96. The Morgan fingerprint density at radius 3 is 2.90 bits per heavy atom. The Kier molecular flexibility index (Phi) is 2.90. The molecule has 0 saturated carbocycles. The second kappa shape index (κ2) is 4.72. The van der Waals surface area contributed by atoms with Crippen LogP contribution in [0.4, 0.5) is 5.82 Å². The number of nitrogens with one attached hydrogen (secondary N) is 1. The van der Waals surface area contributed by atoms with Crippen molar-refractivity contribution in [3.8, 4) is 0 Å². The van der Waals surface area contributed by atoms with Crippen LogP contribution in [0.25, 0.3) is 11.0 Å². The van der Waals surface area contributed by atoms with E-state index in [4.69, 9.17) is 0 Å². The zero-order valence-electron chi connectivity index (χ0n) is 11.4. The molecule has 0 aliphatic rings. The van der Waals surface area contributed by atoms with E-state index >= 15 is 0 Å². The van der Waals surface area contributed by atoms with Gasteiger partial charge in [0.2, 0.25) is 0 Å². The number of anilines is 1. The van der Waals surface area contributed by atoms with Crippen molar-refractivity contribution in [1.82, 2.24) is 29.5 Å². The van der Waals surface area contributed by atoms with Crippen molar-refractivity contribution in [3.63, 3.8) is 0 Å². The van der Waals surface area contributed by atoms with Crippen LogP contribution in [0.15, 0.2) is 23.8 Å². The van der Waals surface area contributed by atoms with Gasteiger partial charge < -0.3 is 0 Å². The maximum Gasteiger partial charge on any atom is 0.163 e. The zero-order chi connectivity index (χ0) is 14.1. The van der Waals surface area contributed by atoms with Crippen molar-refractivity contribution in [3.05, 3.63) is 30.0 Å². The van der Waals surface area contributed by atoms with E-state index in [1.165, 1.54) is 6.33 Å². The second-order valence-electron chi connectivity index (χ2n) is 4.44. The summed E-state index contributed by atoms with van der Waals surface area (Å²) in [6.07, 6.45) is 6.81. The molecule has 0 aliphatic heterocycles. The van der Waals surface area contributed by atoms with Crippen LogP contribution >= 0.6 is 0 Å². The fourth-order valence-corrected chi connectivity index (χ4v) is 1.96. The molecule has 0 aliphatic carbocycles. The quantitative estimate of drug-likeness (QED) is 0.563. The van der Waals surface area contributed by atoms with Crippen LogP contribution in [-0.4, -0.2) is 35.7 Å². The molecule has 0 atom stereocenters. The third-order valence-corrected chi connectivity index (χ3v) is 2.95. The predicted molar refractivity (Wildman–Crippen MR) is 75.5 cm³/mol. The Balaban J connectivity index is 1.85. The predicted octanol–water partition coefficient (Wildman–Crippen LogP) is 0.851. The minimum atomic E-state index is 0.626. The summed E-state index contributed by atoms with van der Waals surface area (Å²) < 4.78 is 3.44. The van der Waals surface area contributed by atoms with Crippen LogP contribution in [0.1, 0.15) is 11.3 Å². The summed E-state index contributed by atoms with van der Waals surface area (Å²) in [5.74, 6) is 0.626. The van der Waals surface area contributed by atoms with Crippen LogP contribution in [0, 0.1) is 6.92 Å². The molecule has 0 unspecified atom stereocenters. The van der Waals surface area contributed by atoms with E-state index in [1.54, 1.807) is 21.8 Å². The second-order valence-corrected chi connectivity index (χ2v) is 4.44. The molecular weight excluding hydrogens is 256 g/mol. The summed E-state index contributed by atoms with van der Waals surface area (Å²) in [6, 6.07) is 0. The van der Waals surface area contributed by atoms with Crippen LogP contribution in [-0.2, 0) is 14.1 Å². The standard InChI is InChI=1S/C12H14N8/c1-8-9(6-19(2)18-8)4-15-17-11-10-5-16-20(3)12(10)14-7-13-11/h4-7H,1-3H3,(H,13,14,17)/b15-4+. The Morgan fingerprint density at radius 1 is 1.30 bits per heavy atom. The van der Waals surface area contributed by atoms with Gasteiger partial charge in [-0.3, -0.25) is 14.8 Å². The lowest BCUT2D eigenvalue weighted by Gasteiger charge is -1.99. The van der Waals surface area contributed by atoms with Gasteiger partial charge in [0.05, 0.1) is 23.5 Å². The van der Waals surface area contributed by atoms with Crippen LogP contribution in [0.3, 0.4) is 0 Å². The zero-order valence-corrected chi connectivity index (χ0v) is 11.4. The van der Waals surface area contributed by atoms with Gasteiger partial charge in [0.1, 0.15) is 6.33 Å². The average Bonchev–Trinajstić information content (AvgIpc) is 2.94. The molecule has 3 rings (SSSR count). The maximum atomic E-state index is 4.25. The highest BCUT2D eigenvalue weighted by Crippen LogP contribution is 2.17. The number of aromatic nitrogens is 6. The van der Waals surface area contributed by atoms with Gasteiger partial charge in [-0.05, 0) is 6.92 Å². The van der Waals surface area contributed by atoms with Crippen LogP contribution in [0.2, 0.25) is 0 Å². The Bertz CT molecular complexity index is 782. The molecule has 8 nitrogen and oxygen atoms in total. The Labute approximate surface area is 115 Å². The molecule has 20 heavy (non-hydrogen) atoms. The maximum absolute atomic E-state index is 4.25. The minimum Gasteiger partial charge on any atom is -0.275 e. The van der Waals surface area contributed by atoms with E-state index in [0.29, 0.717) is 5.82 Å².